The molecule has 250 valence electrons. The van der Waals surface area contributed by atoms with Gasteiger partial charge in [0.25, 0.3) is 0 Å². The van der Waals surface area contributed by atoms with Gasteiger partial charge in [-0.15, -0.1) is 0 Å². The predicted octanol–water partition coefficient (Wildman–Crippen LogP) is 13.7. The summed E-state index contributed by atoms with van der Waals surface area (Å²) in [6.45, 7) is 2.17. The Morgan fingerprint density at radius 3 is 1.68 bits per heavy atom. The molecule has 0 fully saturated rings. The number of nitrogens with zero attached hydrogens (tertiary/aromatic N) is 2. The Balaban J connectivity index is 1.17. The number of benzene rings is 9. The van der Waals surface area contributed by atoms with E-state index < -0.39 is 0 Å². The van der Waals surface area contributed by atoms with Gasteiger partial charge in [-0.2, -0.15) is 0 Å². The van der Waals surface area contributed by atoms with Gasteiger partial charge in [0.2, 0.25) is 0 Å². The van der Waals surface area contributed by atoms with Crippen molar-refractivity contribution in [2.24, 2.45) is 0 Å². The molecule has 2 nitrogen and oxygen atoms in total. The Hall–Kier alpha value is -6.77. The number of rotatable bonds is 6. The van der Waals surface area contributed by atoms with Gasteiger partial charge < -0.3 is 0 Å². The van der Waals surface area contributed by atoms with Crippen LogP contribution in [0.5, 0.6) is 0 Å². The molecule has 1 aromatic heterocycles. The monoisotopic (exact) mass is 676 g/mol. The summed E-state index contributed by atoms with van der Waals surface area (Å²) in [5.41, 5.74) is 13.1. The molecule has 2 heteroatoms. The third kappa shape index (κ3) is 5.30. The summed E-state index contributed by atoms with van der Waals surface area (Å²) in [4.78, 5) is 4.94. The molecule has 1 heterocycles. The van der Waals surface area contributed by atoms with Crippen molar-refractivity contribution in [1.82, 2.24) is 9.55 Å². The van der Waals surface area contributed by atoms with Crippen LogP contribution in [-0.2, 0) is 6.42 Å². The number of para-hydroxylation sites is 2. The summed E-state index contributed by atoms with van der Waals surface area (Å²) in [6.07, 6.45) is 0.861. The smallest absolute Gasteiger partial charge is 0.114 e. The van der Waals surface area contributed by atoms with Crippen molar-refractivity contribution in [3.8, 4) is 50.2 Å². The first-order chi connectivity index (χ1) is 26.2. The molecule has 0 saturated heterocycles. The molecule has 0 radical (unpaired) electrons. The number of hydrogen-bond acceptors (Lipinski definition) is 1. The van der Waals surface area contributed by atoms with Crippen LogP contribution in [0.25, 0.3) is 93.5 Å². The Morgan fingerprint density at radius 1 is 0.396 bits per heavy atom. The lowest BCUT2D eigenvalue weighted by molar-refractivity contribution is 0.908. The van der Waals surface area contributed by atoms with Crippen molar-refractivity contribution >= 4 is 43.4 Å². The Morgan fingerprint density at radius 2 is 0.925 bits per heavy atom. The summed E-state index contributed by atoms with van der Waals surface area (Å²) in [5.74, 6) is 1.07. The molecule has 0 aliphatic carbocycles. The van der Waals surface area contributed by atoms with Crippen molar-refractivity contribution in [3.63, 3.8) is 0 Å². The Kier molecular flexibility index (Phi) is 7.47. The molecule has 10 aromatic rings. The molecule has 0 N–H and O–H groups in total. The topological polar surface area (TPSA) is 17.8 Å². The first kappa shape index (κ1) is 31.0. The van der Waals surface area contributed by atoms with Gasteiger partial charge >= 0.3 is 0 Å². The maximum Gasteiger partial charge on any atom is 0.114 e. The number of hydrogen-bond donors (Lipinski definition) is 0. The van der Waals surface area contributed by atoms with E-state index in [9.17, 15) is 0 Å². The minimum absolute atomic E-state index is 0.861. The van der Waals surface area contributed by atoms with Crippen LogP contribution in [0.1, 0.15) is 12.7 Å². The number of aromatic nitrogens is 2. The van der Waals surface area contributed by atoms with Crippen LogP contribution in [0, 0.1) is 0 Å². The highest BCUT2D eigenvalue weighted by molar-refractivity contribution is 6.22. The van der Waals surface area contributed by atoms with E-state index in [1.54, 1.807) is 0 Å². The largest absolute Gasteiger partial charge is 0.296 e. The summed E-state index contributed by atoms with van der Waals surface area (Å²) in [5, 5.41) is 7.50. The Bertz CT molecular complexity index is 2950. The van der Waals surface area contributed by atoms with Crippen LogP contribution in [0.4, 0.5) is 0 Å². The normalized spacial score (nSPS) is 11.6. The second-order valence-electron chi connectivity index (χ2n) is 13.8. The second kappa shape index (κ2) is 12.8. The van der Waals surface area contributed by atoms with Gasteiger partial charge in [-0.1, -0.05) is 159 Å². The van der Waals surface area contributed by atoms with Crippen molar-refractivity contribution in [2.45, 2.75) is 13.3 Å². The number of aryl methyl sites for hydroxylation is 1. The third-order valence-corrected chi connectivity index (χ3v) is 10.7. The van der Waals surface area contributed by atoms with Crippen LogP contribution < -0.4 is 0 Å². The molecular weight excluding hydrogens is 641 g/mol. The molecule has 0 aliphatic rings. The lowest BCUT2D eigenvalue weighted by Crippen LogP contribution is -2.00. The molecule has 53 heavy (non-hydrogen) atoms. The van der Waals surface area contributed by atoms with E-state index in [-0.39, 0.29) is 0 Å². The van der Waals surface area contributed by atoms with Gasteiger partial charge in [-0.05, 0) is 113 Å². The van der Waals surface area contributed by atoms with E-state index >= 15 is 0 Å². The quantitative estimate of drug-likeness (QED) is 0.160. The molecule has 0 atom stereocenters. The van der Waals surface area contributed by atoms with Crippen LogP contribution in [0.2, 0.25) is 0 Å². The van der Waals surface area contributed by atoms with Crippen molar-refractivity contribution in [1.29, 1.82) is 0 Å². The van der Waals surface area contributed by atoms with E-state index in [1.807, 2.05) is 0 Å². The summed E-state index contributed by atoms with van der Waals surface area (Å²) in [7, 11) is 0. The van der Waals surface area contributed by atoms with E-state index in [0.717, 1.165) is 29.0 Å². The predicted molar refractivity (Wildman–Crippen MR) is 225 cm³/mol. The Labute approximate surface area is 309 Å². The molecule has 0 aliphatic heterocycles. The molecule has 0 bridgehead atoms. The average molecular weight is 677 g/mol. The van der Waals surface area contributed by atoms with Crippen LogP contribution in [-0.4, -0.2) is 9.55 Å². The fourth-order valence-corrected chi connectivity index (χ4v) is 8.19. The minimum atomic E-state index is 0.861. The highest BCUT2D eigenvalue weighted by Crippen LogP contribution is 2.45. The van der Waals surface area contributed by atoms with Crippen LogP contribution in [0.15, 0.2) is 188 Å². The molecule has 0 unspecified atom stereocenters. The van der Waals surface area contributed by atoms with Gasteiger partial charge in [0, 0.05) is 12.1 Å². The molecule has 0 saturated carbocycles. The van der Waals surface area contributed by atoms with Gasteiger partial charge in [0.05, 0.1) is 11.0 Å². The summed E-state index contributed by atoms with van der Waals surface area (Å²) >= 11 is 0. The number of imidazole rings is 1. The standard InChI is InChI=1S/C51H36N2/c1-2-49-52-47-18-10-11-19-48(47)53(49)42-29-26-38(27-30-42)50-43-16-8-9-17-44(43)51(46-33-41(28-31-45(46)50)34-12-4-3-5-13-34)37-23-20-36(21-24-37)40-25-22-35-14-6-7-15-39(35)32-40/h3-33H,2H2,1H3. The van der Waals surface area contributed by atoms with E-state index in [2.05, 4.69) is 200 Å². The van der Waals surface area contributed by atoms with Gasteiger partial charge in [0.15, 0.2) is 0 Å². The molecular formula is C51H36N2. The second-order valence-corrected chi connectivity index (χ2v) is 13.8. The van der Waals surface area contributed by atoms with Gasteiger partial charge in [-0.25, -0.2) is 4.98 Å². The van der Waals surface area contributed by atoms with Crippen molar-refractivity contribution in [2.75, 3.05) is 0 Å². The highest BCUT2D eigenvalue weighted by Gasteiger charge is 2.19. The van der Waals surface area contributed by atoms with Crippen LogP contribution in [0.3, 0.4) is 0 Å². The molecule has 0 amide bonds. The maximum absolute atomic E-state index is 4.94. The van der Waals surface area contributed by atoms with Gasteiger partial charge in [0.1, 0.15) is 5.82 Å². The fraction of sp³-hybridized carbons (Fsp3) is 0.0392. The highest BCUT2D eigenvalue weighted by atomic mass is 15.1. The zero-order chi connectivity index (χ0) is 35.3. The minimum Gasteiger partial charge on any atom is -0.296 e. The van der Waals surface area contributed by atoms with E-state index in [4.69, 9.17) is 4.98 Å². The maximum atomic E-state index is 4.94. The van der Waals surface area contributed by atoms with Crippen molar-refractivity contribution in [3.05, 3.63) is 194 Å². The van der Waals surface area contributed by atoms with Crippen LogP contribution >= 0.6 is 0 Å². The lowest BCUT2D eigenvalue weighted by atomic mass is 9.84. The molecule has 10 rings (SSSR count). The van der Waals surface area contributed by atoms with Crippen molar-refractivity contribution < 1.29 is 0 Å². The summed E-state index contributed by atoms with van der Waals surface area (Å²) in [6, 6.07) is 68.6. The SMILES string of the molecule is CCc1nc2ccccc2n1-c1ccc(-c2c3ccccc3c(-c3ccc(-c4ccc5ccccc5c4)cc3)c3cc(-c4ccccc4)ccc23)cc1. The third-order valence-electron chi connectivity index (χ3n) is 10.7. The number of fused-ring (bicyclic) bond motifs is 4. The van der Waals surface area contributed by atoms with E-state index in [0.29, 0.717) is 0 Å². The van der Waals surface area contributed by atoms with E-state index in [1.165, 1.54) is 76.8 Å². The van der Waals surface area contributed by atoms with Gasteiger partial charge in [-0.3, -0.25) is 4.57 Å². The first-order valence-electron chi connectivity index (χ1n) is 18.4. The summed E-state index contributed by atoms with van der Waals surface area (Å²) < 4.78 is 2.30. The molecule has 9 aromatic carbocycles. The molecule has 0 spiro atoms. The lowest BCUT2D eigenvalue weighted by Gasteiger charge is -2.19. The fourth-order valence-electron chi connectivity index (χ4n) is 8.19. The zero-order valence-electron chi connectivity index (χ0n) is 29.5. The zero-order valence-corrected chi connectivity index (χ0v) is 29.5. The first-order valence-corrected chi connectivity index (χ1v) is 18.4. The average Bonchev–Trinajstić information content (AvgIpc) is 3.62.